The monoisotopic (exact) mass is 462 g/mol. The smallest absolute Gasteiger partial charge is 0.341 e. The van der Waals surface area contributed by atoms with Crippen LogP contribution in [0.4, 0.5) is 5.00 Å². The van der Waals surface area contributed by atoms with E-state index in [4.69, 9.17) is 18.9 Å². The number of ether oxygens (including phenoxy) is 4. The molecule has 0 bridgehead atoms. The number of rotatable bonds is 7. The van der Waals surface area contributed by atoms with Crippen molar-refractivity contribution in [3.05, 3.63) is 39.8 Å². The topological polar surface area (TPSA) is 103 Å². The lowest BCUT2D eigenvalue weighted by atomic mass is 10.1. The molecule has 172 valence electrons. The van der Waals surface area contributed by atoms with Crippen molar-refractivity contribution in [2.45, 2.75) is 13.8 Å². The molecular formula is C22H26N2O7S. The van der Waals surface area contributed by atoms with Crippen LogP contribution in [0.25, 0.3) is 0 Å². The van der Waals surface area contributed by atoms with Crippen molar-refractivity contribution in [2.75, 3.05) is 52.4 Å². The summed E-state index contributed by atoms with van der Waals surface area (Å²) in [6.07, 6.45) is 0. The van der Waals surface area contributed by atoms with Gasteiger partial charge in [0.15, 0.2) is 11.5 Å². The average Bonchev–Trinajstić information content (AvgIpc) is 3.14. The number of amides is 2. The van der Waals surface area contributed by atoms with Gasteiger partial charge in [-0.15, -0.1) is 11.3 Å². The molecule has 2 heterocycles. The van der Waals surface area contributed by atoms with Crippen molar-refractivity contribution in [1.29, 1.82) is 0 Å². The molecule has 1 fully saturated rings. The summed E-state index contributed by atoms with van der Waals surface area (Å²) in [6.45, 7) is 5.41. The van der Waals surface area contributed by atoms with Crippen molar-refractivity contribution in [3.8, 4) is 11.5 Å². The summed E-state index contributed by atoms with van der Waals surface area (Å²) in [5.41, 5.74) is 0.972. The molecule has 0 atom stereocenters. The maximum absolute atomic E-state index is 13.1. The Labute approximate surface area is 190 Å². The summed E-state index contributed by atoms with van der Waals surface area (Å²) in [7, 11) is 2.98. The first kappa shape index (κ1) is 23.6. The number of anilines is 1. The number of nitrogens with zero attached hydrogens (tertiary/aromatic N) is 1. The van der Waals surface area contributed by atoms with Crippen LogP contribution in [0, 0.1) is 6.92 Å². The van der Waals surface area contributed by atoms with Crippen LogP contribution in [0.3, 0.4) is 0 Å². The molecule has 0 aliphatic carbocycles. The number of nitrogens with one attached hydrogen (secondary N) is 1. The molecule has 1 aromatic heterocycles. The number of esters is 1. The molecule has 1 aliphatic rings. The first-order valence-electron chi connectivity index (χ1n) is 10.1. The summed E-state index contributed by atoms with van der Waals surface area (Å²) < 4.78 is 20.9. The van der Waals surface area contributed by atoms with Gasteiger partial charge in [-0.2, -0.15) is 0 Å². The quantitative estimate of drug-likeness (QED) is 0.631. The van der Waals surface area contributed by atoms with Gasteiger partial charge < -0.3 is 29.2 Å². The maximum Gasteiger partial charge on any atom is 0.341 e. The number of hydrogen-bond donors (Lipinski definition) is 1. The minimum atomic E-state index is -0.593. The van der Waals surface area contributed by atoms with Gasteiger partial charge in [0, 0.05) is 18.7 Å². The Kier molecular flexibility index (Phi) is 7.70. The predicted molar refractivity (Wildman–Crippen MR) is 119 cm³/mol. The standard InChI is InChI=1S/C22H26N2O7S/c1-5-31-22(27)17-13(2)18(21(26)24-8-10-30-11-9-24)32-20(17)23-19(25)14-6-7-15(28-3)16(12-14)29-4/h6-7,12H,5,8-11H2,1-4H3,(H,23,25). The zero-order valence-corrected chi connectivity index (χ0v) is 19.3. The van der Waals surface area contributed by atoms with E-state index in [1.165, 1.54) is 14.2 Å². The largest absolute Gasteiger partial charge is 0.493 e. The van der Waals surface area contributed by atoms with Crippen LogP contribution < -0.4 is 14.8 Å². The molecule has 32 heavy (non-hydrogen) atoms. The first-order valence-corrected chi connectivity index (χ1v) is 10.9. The molecular weight excluding hydrogens is 436 g/mol. The van der Waals surface area contributed by atoms with E-state index in [0.29, 0.717) is 53.8 Å². The van der Waals surface area contributed by atoms with Gasteiger partial charge in [-0.05, 0) is 37.6 Å². The second-order valence-electron chi connectivity index (χ2n) is 6.91. The van der Waals surface area contributed by atoms with Gasteiger partial charge in [0.25, 0.3) is 11.8 Å². The molecule has 10 heteroatoms. The fourth-order valence-electron chi connectivity index (χ4n) is 3.32. The fraction of sp³-hybridized carbons (Fsp3) is 0.409. The summed E-state index contributed by atoms with van der Waals surface area (Å²) in [6, 6.07) is 4.74. The van der Waals surface area contributed by atoms with E-state index in [1.807, 2.05) is 0 Å². The maximum atomic E-state index is 13.1. The summed E-state index contributed by atoms with van der Waals surface area (Å²) in [5.74, 6) is -0.362. The molecule has 2 amide bonds. The van der Waals surface area contributed by atoms with Crippen molar-refractivity contribution >= 4 is 34.1 Å². The molecule has 1 saturated heterocycles. The van der Waals surface area contributed by atoms with E-state index < -0.39 is 11.9 Å². The van der Waals surface area contributed by atoms with Crippen LogP contribution in [0.5, 0.6) is 11.5 Å². The van der Waals surface area contributed by atoms with Crippen LogP contribution in [0.2, 0.25) is 0 Å². The molecule has 1 aliphatic heterocycles. The summed E-state index contributed by atoms with van der Waals surface area (Å²) in [4.78, 5) is 40.7. The highest BCUT2D eigenvalue weighted by Gasteiger charge is 2.29. The number of thiophene rings is 1. The number of morpholine rings is 1. The van der Waals surface area contributed by atoms with Gasteiger partial charge in [-0.1, -0.05) is 0 Å². The number of methoxy groups -OCH3 is 2. The van der Waals surface area contributed by atoms with E-state index in [0.717, 1.165) is 11.3 Å². The number of hydrogen-bond acceptors (Lipinski definition) is 8. The van der Waals surface area contributed by atoms with Crippen LogP contribution in [-0.4, -0.2) is 69.8 Å². The number of carbonyl (C=O) groups excluding carboxylic acids is 3. The summed E-state index contributed by atoms with van der Waals surface area (Å²) in [5, 5.41) is 3.02. The SMILES string of the molecule is CCOC(=O)c1c(NC(=O)c2ccc(OC)c(OC)c2)sc(C(=O)N2CCOCC2)c1C. The van der Waals surface area contributed by atoms with Gasteiger partial charge in [-0.25, -0.2) is 4.79 Å². The van der Waals surface area contributed by atoms with E-state index in [1.54, 1.807) is 36.9 Å². The van der Waals surface area contributed by atoms with Gasteiger partial charge in [0.2, 0.25) is 0 Å². The van der Waals surface area contributed by atoms with Gasteiger partial charge >= 0.3 is 5.97 Å². The van der Waals surface area contributed by atoms with E-state index in [-0.39, 0.29) is 23.1 Å². The molecule has 0 unspecified atom stereocenters. The number of benzene rings is 1. The van der Waals surface area contributed by atoms with Crippen LogP contribution in [0.1, 0.15) is 42.9 Å². The molecule has 0 spiro atoms. The van der Waals surface area contributed by atoms with E-state index >= 15 is 0 Å². The molecule has 2 aromatic rings. The normalized spacial score (nSPS) is 13.4. The van der Waals surface area contributed by atoms with Crippen LogP contribution in [-0.2, 0) is 9.47 Å². The Bertz CT molecular complexity index is 1010. The molecule has 0 saturated carbocycles. The van der Waals surface area contributed by atoms with Crippen molar-refractivity contribution in [1.82, 2.24) is 4.90 Å². The number of carbonyl (C=O) groups is 3. The highest BCUT2D eigenvalue weighted by molar-refractivity contribution is 7.18. The highest BCUT2D eigenvalue weighted by Crippen LogP contribution is 2.35. The van der Waals surface area contributed by atoms with Crippen LogP contribution in [0.15, 0.2) is 18.2 Å². The Hall–Kier alpha value is -3.11. The lowest BCUT2D eigenvalue weighted by molar-refractivity contribution is 0.0305. The van der Waals surface area contributed by atoms with Crippen molar-refractivity contribution in [3.63, 3.8) is 0 Å². The van der Waals surface area contributed by atoms with Gasteiger partial charge in [-0.3, -0.25) is 9.59 Å². The fourth-order valence-corrected chi connectivity index (χ4v) is 4.48. The predicted octanol–water partition coefficient (Wildman–Crippen LogP) is 2.98. The second kappa shape index (κ2) is 10.5. The Balaban J connectivity index is 1.94. The van der Waals surface area contributed by atoms with Crippen molar-refractivity contribution < 1.29 is 33.3 Å². The Morgan fingerprint density at radius 2 is 1.81 bits per heavy atom. The van der Waals surface area contributed by atoms with E-state index in [9.17, 15) is 14.4 Å². The molecule has 0 radical (unpaired) electrons. The Morgan fingerprint density at radius 1 is 1.12 bits per heavy atom. The lowest BCUT2D eigenvalue weighted by Gasteiger charge is -2.26. The molecule has 1 N–H and O–H groups in total. The Morgan fingerprint density at radius 3 is 2.44 bits per heavy atom. The lowest BCUT2D eigenvalue weighted by Crippen LogP contribution is -2.40. The zero-order chi connectivity index (χ0) is 23.3. The summed E-state index contributed by atoms with van der Waals surface area (Å²) >= 11 is 1.06. The zero-order valence-electron chi connectivity index (χ0n) is 18.5. The van der Waals surface area contributed by atoms with Crippen LogP contribution >= 0.6 is 11.3 Å². The second-order valence-corrected chi connectivity index (χ2v) is 7.93. The molecule has 9 nitrogen and oxygen atoms in total. The first-order chi connectivity index (χ1) is 15.4. The third kappa shape index (κ3) is 4.86. The van der Waals surface area contributed by atoms with Gasteiger partial charge in [0.05, 0.1) is 44.5 Å². The van der Waals surface area contributed by atoms with Gasteiger partial charge in [0.1, 0.15) is 5.00 Å². The molecule has 3 rings (SSSR count). The average molecular weight is 463 g/mol. The third-order valence-corrected chi connectivity index (χ3v) is 6.19. The molecule has 1 aromatic carbocycles. The van der Waals surface area contributed by atoms with Crippen molar-refractivity contribution in [2.24, 2.45) is 0 Å². The minimum Gasteiger partial charge on any atom is -0.493 e. The van der Waals surface area contributed by atoms with E-state index in [2.05, 4.69) is 5.32 Å². The minimum absolute atomic E-state index is 0.171. The highest BCUT2D eigenvalue weighted by atomic mass is 32.1. The third-order valence-electron chi connectivity index (χ3n) is 4.99.